The highest BCUT2D eigenvalue weighted by molar-refractivity contribution is 8.00. The number of aryl methyl sites for hydroxylation is 1. The van der Waals surface area contributed by atoms with Crippen LogP contribution in [0.4, 0.5) is 11.4 Å². The second-order valence-corrected chi connectivity index (χ2v) is 6.19. The SMILES string of the molecule is Cc1c(NC(=O)CSc2ncnc3c2cnn3C)cccc1[N+](=O)[O-]. The van der Waals surface area contributed by atoms with Crippen molar-refractivity contribution in [3.63, 3.8) is 0 Å². The summed E-state index contributed by atoms with van der Waals surface area (Å²) >= 11 is 1.26. The second kappa shape index (κ2) is 6.85. The number of benzene rings is 1. The Morgan fingerprint density at radius 2 is 2.20 bits per heavy atom. The zero-order valence-corrected chi connectivity index (χ0v) is 14.3. The molecule has 9 nitrogen and oxygen atoms in total. The van der Waals surface area contributed by atoms with Gasteiger partial charge in [-0.1, -0.05) is 17.8 Å². The molecule has 25 heavy (non-hydrogen) atoms. The fraction of sp³-hybridized carbons (Fsp3) is 0.200. The number of hydrogen-bond donors (Lipinski definition) is 1. The zero-order chi connectivity index (χ0) is 18.0. The van der Waals surface area contributed by atoms with Gasteiger partial charge in [0.15, 0.2) is 5.65 Å². The molecule has 0 fully saturated rings. The minimum absolute atomic E-state index is 0.0293. The Labute approximate surface area is 146 Å². The van der Waals surface area contributed by atoms with Gasteiger partial charge in [0, 0.05) is 13.1 Å². The van der Waals surface area contributed by atoms with Crippen molar-refractivity contribution in [2.75, 3.05) is 11.1 Å². The Hall–Kier alpha value is -3.01. The van der Waals surface area contributed by atoms with Crippen LogP contribution in [0.5, 0.6) is 0 Å². The molecule has 128 valence electrons. The van der Waals surface area contributed by atoms with Crippen molar-refractivity contribution in [3.8, 4) is 0 Å². The molecular weight excluding hydrogens is 344 g/mol. The summed E-state index contributed by atoms with van der Waals surface area (Å²) in [6.07, 6.45) is 3.08. The van der Waals surface area contributed by atoms with E-state index in [-0.39, 0.29) is 17.3 Å². The molecule has 2 heterocycles. The minimum Gasteiger partial charge on any atom is -0.325 e. The third-order valence-corrected chi connectivity index (χ3v) is 4.61. The van der Waals surface area contributed by atoms with Gasteiger partial charge in [-0.05, 0) is 13.0 Å². The third kappa shape index (κ3) is 3.43. The van der Waals surface area contributed by atoms with E-state index in [1.807, 2.05) is 0 Å². The van der Waals surface area contributed by atoms with E-state index in [1.165, 1.54) is 30.2 Å². The topological polar surface area (TPSA) is 116 Å². The van der Waals surface area contributed by atoms with E-state index in [4.69, 9.17) is 0 Å². The maximum Gasteiger partial charge on any atom is 0.274 e. The van der Waals surface area contributed by atoms with Gasteiger partial charge in [-0.15, -0.1) is 0 Å². The summed E-state index contributed by atoms with van der Waals surface area (Å²) in [6, 6.07) is 4.58. The maximum absolute atomic E-state index is 12.2. The molecule has 0 spiro atoms. The lowest BCUT2D eigenvalue weighted by Gasteiger charge is -2.08. The molecule has 0 bridgehead atoms. The lowest BCUT2D eigenvalue weighted by molar-refractivity contribution is -0.385. The normalized spacial score (nSPS) is 10.8. The van der Waals surface area contributed by atoms with Crippen molar-refractivity contribution in [2.45, 2.75) is 11.9 Å². The van der Waals surface area contributed by atoms with Crippen LogP contribution in [0, 0.1) is 17.0 Å². The van der Waals surface area contributed by atoms with Gasteiger partial charge in [0.05, 0.1) is 33.5 Å². The number of amides is 1. The average Bonchev–Trinajstić information content (AvgIpc) is 2.96. The molecule has 0 aliphatic rings. The molecule has 0 unspecified atom stereocenters. The van der Waals surface area contributed by atoms with Crippen LogP contribution in [0.1, 0.15) is 5.56 Å². The van der Waals surface area contributed by atoms with Crippen LogP contribution in [0.2, 0.25) is 0 Å². The summed E-state index contributed by atoms with van der Waals surface area (Å²) in [7, 11) is 1.78. The number of nitro benzene ring substituents is 1. The quantitative estimate of drug-likeness (QED) is 0.322. The fourth-order valence-electron chi connectivity index (χ4n) is 2.33. The number of hydrogen-bond acceptors (Lipinski definition) is 7. The first-order chi connectivity index (χ1) is 12.0. The van der Waals surface area contributed by atoms with Gasteiger partial charge < -0.3 is 5.32 Å². The minimum atomic E-state index is -0.472. The number of nitrogens with one attached hydrogen (secondary N) is 1. The lowest BCUT2D eigenvalue weighted by Crippen LogP contribution is -2.15. The van der Waals surface area contributed by atoms with Crippen LogP contribution in [0.15, 0.2) is 35.7 Å². The van der Waals surface area contributed by atoms with E-state index in [1.54, 1.807) is 30.9 Å². The van der Waals surface area contributed by atoms with Crippen molar-refractivity contribution < 1.29 is 9.72 Å². The molecule has 1 amide bonds. The van der Waals surface area contributed by atoms with Crippen LogP contribution < -0.4 is 5.32 Å². The summed E-state index contributed by atoms with van der Waals surface area (Å²) in [5.41, 5.74) is 1.50. The molecule has 0 radical (unpaired) electrons. The van der Waals surface area contributed by atoms with E-state index in [2.05, 4.69) is 20.4 Å². The molecule has 1 N–H and O–H groups in total. The molecule has 0 aliphatic carbocycles. The number of fused-ring (bicyclic) bond motifs is 1. The summed E-state index contributed by atoms with van der Waals surface area (Å²) in [4.78, 5) is 31.0. The van der Waals surface area contributed by atoms with Gasteiger partial charge in [0.25, 0.3) is 5.69 Å². The number of carbonyl (C=O) groups excluding carboxylic acids is 1. The first-order valence-corrected chi connectivity index (χ1v) is 8.25. The van der Waals surface area contributed by atoms with Gasteiger partial charge in [0.2, 0.25) is 5.91 Å². The number of rotatable bonds is 5. The average molecular weight is 358 g/mol. The predicted octanol–water partition coefficient (Wildman–Crippen LogP) is 2.31. The fourth-order valence-corrected chi connectivity index (χ4v) is 3.09. The number of thioether (sulfide) groups is 1. The van der Waals surface area contributed by atoms with E-state index in [9.17, 15) is 14.9 Å². The highest BCUT2D eigenvalue weighted by Gasteiger charge is 2.15. The van der Waals surface area contributed by atoms with Gasteiger partial charge in [-0.25, -0.2) is 9.97 Å². The van der Waals surface area contributed by atoms with Gasteiger partial charge in [-0.2, -0.15) is 5.10 Å². The molecule has 1 aromatic carbocycles. The monoisotopic (exact) mass is 358 g/mol. The van der Waals surface area contributed by atoms with Crippen molar-refractivity contribution >= 4 is 40.1 Å². The standard InChI is InChI=1S/C15H14N6O3S/c1-9-11(4-3-5-12(9)21(23)24)19-13(22)7-25-15-10-6-18-20(2)14(10)16-8-17-15/h3-6,8H,7H2,1-2H3,(H,19,22). The first-order valence-electron chi connectivity index (χ1n) is 7.26. The third-order valence-electron chi connectivity index (χ3n) is 3.61. The second-order valence-electron chi connectivity index (χ2n) is 5.23. The number of carbonyl (C=O) groups is 1. The number of anilines is 1. The molecule has 2 aromatic heterocycles. The largest absolute Gasteiger partial charge is 0.325 e. The highest BCUT2D eigenvalue weighted by atomic mass is 32.2. The molecule has 3 rings (SSSR count). The van der Waals surface area contributed by atoms with Gasteiger partial charge >= 0.3 is 0 Å². The Morgan fingerprint density at radius 1 is 1.40 bits per heavy atom. The van der Waals surface area contributed by atoms with Crippen LogP contribution in [-0.2, 0) is 11.8 Å². The molecule has 10 heteroatoms. The van der Waals surface area contributed by atoms with Crippen molar-refractivity contribution in [3.05, 3.63) is 46.4 Å². The van der Waals surface area contributed by atoms with E-state index in [0.29, 0.717) is 21.9 Å². The Morgan fingerprint density at radius 3 is 2.96 bits per heavy atom. The van der Waals surface area contributed by atoms with E-state index in [0.717, 1.165) is 5.39 Å². The summed E-state index contributed by atoms with van der Waals surface area (Å²) in [5, 5.41) is 19.2. The van der Waals surface area contributed by atoms with E-state index >= 15 is 0 Å². The van der Waals surface area contributed by atoms with Crippen LogP contribution in [0.25, 0.3) is 11.0 Å². The maximum atomic E-state index is 12.2. The molecule has 0 atom stereocenters. The number of nitro groups is 1. The lowest BCUT2D eigenvalue weighted by atomic mass is 10.1. The first kappa shape index (κ1) is 16.8. The van der Waals surface area contributed by atoms with Crippen molar-refractivity contribution in [2.24, 2.45) is 7.05 Å². The smallest absolute Gasteiger partial charge is 0.274 e. The van der Waals surface area contributed by atoms with Gasteiger partial charge in [0.1, 0.15) is 11.4 Å². The Kier molecular flexibility index (Phi) is 4.61. The van der Waals surface area contributed by atoms with Gasteiger partial charge in [-0.3, -0.25) is 19.6 Å². The Bertz CT molecular complexity index is 971. The van der Waals surface area contributed by atoms with Crippen LogP contribution in [-0.4, -0.2) is 36.3 Å². The highest BCUT2D eigenvalue weighted by Crippen LogP contribution is 2.26. The predicted molar refractivity (Wildman–Crippen MR) is 93.5 cm³/mol. The molecule has 3 aromatic rings. The van der Waals surface area contributed by atoms with Crippen LogP contribution >= 0.6 is 11.8 Å². The molecular formula is C15H14N6O3S. The summed E-state index contributed by atoms with van der Waals surface area (Å²) in [6.45, 7) is 1.60. The summed E-state index contributed by atoms with van der Waals surface area (Å²) in [5.74, 6) is -0.160. The molecule has 0 saturated carbocycles. The Balaban J connectivity index is 1.71. The molecule has 0 saturated heterocycles. The van der Waals surface area contributed by atoms with Crippen molar-refractivity contribution in [1.29, 1.82) is 0 Å². The zero-order valence-electron chi connectivity index (χ0n) is 13.5. The van der Waals surface area contributed by atoms with Crippen LogP contribution in [0.3, 0.4) is 0 Å². The van der Waals surface area contributed by atoms with Crippen molar-refractivity contribution in [1.82, 2.24) is 19.7 Å². The number of aromatic nitrogens is 4. The molecule has 0 aliphatic heterocycles. The summed E-state index contributed by atoms with van der Waals surface area (Å²) < 4.78 is 1.63. The number of nitrogens with zero attached hydrogens (tertiary/aromatic N) is 5. The van der Waals surface area contributed by atoms with E-state index < -0.39 is 4.92 Å².